The Morgan fingerprint density at radius 3 is 2.17 bits per heavy atom. The number of anilines is 1. The van der Waals surface area contributed by atoms with Crippen LogP contribution in [0.4, 0.5) is 10.1 Å². The Morgan fingerprint density at radius 2 is 1.62 bits per heavy atom. The summed E-state index contributed by atoms with van der Waals surface area (Å²) in [7, 11) is 0. The number of hydrogen-bond donors (Lipinski definition) is 2. The van der Waals surface area contributed by atoms with Gasteiger partial charge in [-0.05, 0) is 42.0 Å². The van der Waals surface area contributed by atoms with Crippen molar-refractivity contribution in [2.45, 2.75) is 12.5 Å². The monoisotopic (exact) mass is 409 g/mol. The number of carbonyl (C=O) groups is 2. The van der Waals surface area contributed by atoms with Gasteiger partial charge in [0.1, 0.15) is 11.6 Å². The van der Waals surface area contributed by atoms with E-state index in [-0.39, 0.29) is 35.1 Å². The molecule has 0 radical (unpaired) electrons. The Bertz CT molecular complexity index is 975. The molecule has 29 heavy (non-hydrogen) atoms. The van der Waals surface area contributed by atoms with Crippen LogP contribution < -0.4 is 4.90 Å². The van der Waals surface area contributed by atoms with Crippen molar-refractivity contribution in [2.24, 2.45) is 0 Å². The van der Waals surface area contributed by atoms with Crippen molar-refractivity contribution in [1.82, 2.24) is 0 Å². The number of hydrogen-bond acceptors (Lipinski definition) is 4. The Labute approximate surface area is 174 Å². The van der Waals surface area contributed by atoms with Crippen LogP contribution >= 0.6 is 12.6 Å². The molecule has 1 saturated heterocycles. The van der Waals surface area contributed by atoms with E-state index in [4.69, 9.17) is 0 Å². The number of amides is 1. The Hall–Kier alpha value is -3.12. The molecule has 3 aromatic carbocycles. The number of aromatic hydroxyl groups is 1. The Kier molecular flexibility index (Phi) is 6.67. The van der Waals surface area contributed by atoms with Crippen molar-refractivity contribution in [3.8, 4) is 5.75 Å². The van der Waals surface area contributed by atoms with Crippen LogP contribution in [-0.4, -0.2) is 22.5 Å². The highest BCUT2D eigenvalue weighted by Gasteiger charge is 2.38. The molecule has 1 N–H and O–H groups in total. The molecule has 148 valence electrons. The summed E-state index contributed by atoms with van der Waals surface area (Å²) in [4.78, 5) is 24.3. The predicted molar refractivity (Wildman–Crippen MR) is 114 cm³/mol. The van der Waals surface area contributed by atoms with E-state index < -0.39 is 0 Å². The number of nitrogens with zero attached hydrogens (tertiary/aromatic N) is 1. The van der Waals surface area contributed by atoms with Gasteiger partial charge in [-0.1, -0.05) is 42.5 Å². The molecular weight excluding hydrogens is 389 g/mol. The van der Waals surface area contributed by atoms with Gasteiger partial charge in [-0.25, -0.2) is 4.39 Å². The Morgan fingerprint density at radius 1 is 1.00 bits per heavy atom. The lowest BCUT2D eigenvalue weighted by molar-refractivity contribution is -0.124. The number of Topliss-reactive ketones (excluding diaryl/α,β-unsaturated/α-hetero) is 1. The largest absolute Gasteiger partial charge is 0.508 e. The molecule has 0 spiro atoms. The predicted octanol–water partition coefficient (Wildman–Crippen LogP) is 4.81. The molecule has 1 aliphatic heterocycles. The minimum absolute atomic E-state index is 0.0182. The number of phenolic OH excluding ortho intramolecular Hbond substituents is 1. The van der Waals surface area contributed by atoms with Gasteiger partial charge in [-0.2, -0.15) is 12.6 Å². The van der Waals surface area contributed by atoms with Crippen LogP contribution in [-0.2, 0) is 4.79 Å². The molecule has 1 aliphatic rings. The highest BCUT2D eigenvalue weighted by atomic mass is 32.1. The highest BCUT2D eigenvalue weighted by Crippen LogP contribution is 2.39. The van der Waals surface area contributed by atoms with Gasteiger partial charge in [-0.15, -0.1) is 0 Å². The van der Waals surface area contributed by atoms with Gasteiger partial charge in [0.25, 0.3) is 0 Å². The first-order chi connectivity index (χ1) is 14.0. The number of carbonyl (C=O) groups excluding carboxylic acids is 2. The van der Waals surface area contributed by atoms with Crippen LogP contribution in [0.5, 0.6) is 5.75 Å². The zero-order valence-corrected chi connectivity index (χ0v) is 16.4. The molecule has 1 amide bonds. The average molecular weight is 409 g/mol. The van der Waals surface area contributed by atoms with Crippen molar-refractivity contribution >= 4 is 30.0 Å². The van der Waals surface area contributed by atoms with Crippen molar-refractivity contribution in [2.75, 3.05) is 10.7 Å². The number of thiol groups is 1. The molecular formula is C23H20FNO3S. The maximum absolute atomic E-state index is 12.9. The van der Waals surface area contributed by atoms with E-state index in [0.29, 0.717) is 12.1 Å². The van der Waals surface area contributed by atoms with Crippen molar-refractivity contribution in [1.29, 1.82) is 0 Å². The molecule has 4 rings (SSSR count). The van der Waals surface area contributed by atoms with Gasteiger partial charge < -0.3 is 10.0 Å². The molecule has 6 heteroatoms. The van der Waals surface area contributed by atoms with Gasteiger partial charge in [0, 0.05) is 11.3 Å². The number of β-lactam (4-membered cyclic amide) rings is 1. The first kappa shape index (κ1) is 20.6. The maximum Gasteiger partial charge on any atom is 0.230 e. The maximum atomic E-state index is 12.9. The first-order valence-electron chi connectivity index (χ1n) is 9.05. The van der Waals surface area contributed by atoms with Gasteiger partial charge in [0.15, 0.2) is 5.78 Å². The summed E-state index contributed by atoms with van der Waals surface area (Å²) in [6.07, 6.45) is 0.433. The van der Waals surface area contributed by atoms with Crippen LogP contribution in [0.1, 0.15) is 28.4 Å². The van der Waals surface area contributed by atoms with E-state index in [9.17, 15) is 19.1 Å². The zero-order chi connectivity index (χ0) is 20.8. The van der Waals surface area contributed by atoms with Gasteiger partial charge in [-0.3, -0.25) is 9.59 Å². The number of ketones is 1. The average Bonchev–Trinajstić information content (AvgIpc) is 2.75. The summed E-state index contributed by atoms with van der Waals surface area (Å²) >= 11 is 3.88. The first-order valence-corrected chi connectivity index (χ1v) is 9.68. The van der Waals surface area contributed by atoms with Gasteiger partial charge >= 0.3 is 0 Å². The second-order valence-corrected chi connectivity index (χ2v) is 6.82. The van der Waals surface area contributed by atoms with Crippen LogP contribution in [0, 0.1) is 5.82 Å². The minimum atomic E-state index is -0.321. The summed E-state index contributed by atoms with van der Waals surface area (Å²) in [5.74, 6) is 0.249. The summed E-state index contributed by atoms with van der Waals surface area (Å²) in [5, 5.41) is 9.27. The fraction of sp³-hybridized carbons (Fsp3) is 0.130. The third-order valence-electron chi connectivity index (χ3n) is 4.57. The van der Waals surface area contributed by atoms with E-state index in [1.54, 1.807) is 53.4 Å². The Balaban J connectivity index is 0.000000204. The SMILES string of the molecule is O=C(CS)c1ccccc1.O=C1CC(c2ccc(O)cc2)N1c1ccc(F)cc1. The summed E-state index contributed by atoms with van der Waals surface area (Å²) in [6, 6.07) is 21.8. The molecule has 0 saturated carbocycles. The number of halogens is 1. The minimum Gasteiger partial charge on any atom is -0.508 e. The molecule has 0 aliphatic carbocycles. The fourth-order valence-electron chi connectivity index (χ4n) is 3.02. The topological polar surface area (TPSA) is 57.6 Å². The zero-order valence-electron chi connectivity index (χ0n) is 15.5. The summed E-state index contributed by atoms with van der Waals surface area (Å²) < 4.78 is 12.9. The van der Waals surface area contributed by atoms with Gasteiger partial charge in [0.2, 0.25) is 5.91 Å². The number of phenols is 1. The van der Waals surface area contributed by atoms with E-state index >= 15 is 0 Å². The summed E-state index contributed by atoms with van der Waals surface area (Å²) in [5.41, 5.74) is 2.38. The van der Waals surface area contributed by atoms with Gasteiger partial charge in [0.05, 0.1) is 18.2 Å². The molecule has 1 atom stereocenters. The molecule has 1 fully saturated rings. The third-order valence-corrected chi connectivity index (χ3v) is 4.86. The standard InChI is InChI=1S/C15H12FNO2.C8H8OS/c16-11-3-5-12(6-4-11)17-14(9-15(17)19)10-1-7-13(18)8-2-10;9-8(6-10)7-4-2-1-3-5-7/h1-8,14,18H,9H2;1-5,10H,6H2. The van der Waals surface area contributed by atoms with E-state index in [0.717, 1.165) is 11.1 Å². The molecule has 4 nitrogen and oxygen atoms in total. The lowest BCUT2D eigenvalue weighted by Crippen LogP contribution is -2.46. The molecule has 0 bridgehead atoms. The van der Waals surface area contributed by atoms with Crippen molar-refractivity contribution in [3.05, 3.63) is 95.8 Å². The second-order valence-electron chi connectivity index (χ2n) is 6.50. The fourth-order valence-corrected chi connectivity index (χ4v) is 3.20. The summed E-state index contributed by atoms with van der Waals surface area (Å²) in [6.45, 7) is 0. The van der Waals surface area contributed by atoms with Crippen LogP contribution in [0.25, 0.3) is 0 Å². The lowest BCUT2D eigenvalue weighted by atomic mass is 9.93. The molecule has 0 aromatic heterocycles. The number of benzene rings is 3. The van der Waals surface area contributed by atoms with Crippen LogP contribution in [0.2, 0.25) is 0 Å². The van der Waals surface area contributed by atoms with Crippen molar-refractivity contribution in [3.63, 3.8) is 0 Å². The molecule has 1 unspecified atom stereocenters. The second kappa shape index (κ2) is 9.39. The molecule has 3 aromatic rings. The van der Waals surface area contributed by atoms with E-state index in [1.807, 2.05) is 18.2 Å². The van der Waals surface area contributed by atoms with E-state index in [1.165, 1.54) is 12.1 Å². The number of rotatable bonds is 4. The highest BCUT2D eigenvalue weighted by molar-refractivity contribution is 7.81. The molecule has 1 heterocycles. The lowest BCUT2D eigenvalue weighted by Gasteiger charge is -2.40. The van der Waals surface area contributed by atoms with Crippen LogP contribution in [0.3, 0.4) is 0 Å². The van der Waals surface area contributed by atoms with Crippen LogP contribution in [0.15, 0.2) is 78.9 Å². The smallest absolute Gasteiger partial charge is 0.230 e. The third kappa shape index (κ3) is 5.03. The van der Waals surface area contributed by atoms with Crippen molar-refractivity contribution < 1.29 is 19.1 Å². The van der Waals surface area contributed by atoms with E-state index in [2.05, 4.69) is 12.6 Å². The normalized spacial score (nSPS) is 15.2. The quantitative estimate of drug-likeness (QED) is 0.369.